The van der Waals surface area contributed by atoms with Crippen molar-refractivity contribution in [3.05, 3.63) is 39.8 Å². The Bertz CT molecular complexity index is 777. The molecule has 0 aliphatic carbocycles. The molecule has 0 atom stereocenters. The standard InChI is InChI=1S/C18H21N3O4S/c1-5-6-25-13-7-11(2)14(12(3)8-13)10-19-21-18-20-17(23)15(26-18)9-16(22)24-4/h7-10H,5-6H2,1-4H3,(H,20,21,23)/b15-9+,19-10?. The Morgan fingerprint density at radius 1 is 1.31 bits per heavy atom. The molecule has 0 spiro atoms. The lowest BCUT2D eigenvalue weighted by Crippen LogP contribution is -2.19. The maximum atomic E-state index is 11.7. The van der Waals surface area contributed by atoms with Gasteiger partial charge in [0.2, 0.25) is 0 Å². The Morgan fingerprint density at radius 3 is 2.62 bits per heavy atom. The summed E-state index contributed by atoms with van der Waals surface area (Å²) >= 11 is 1.03. The van der Waals surface area contributed by atoms with Crippen molar-refractivity contribution in [3.8, 4) is 5.75 Å². The number of amidine groups is 1. The van der Waals surface area contributed by atoms with Crippen molar-refractivity contribution >= 4 is 35.0 Å². The van der Waals surface area contributed by atoms with Gasteiger partial charge in [-0.2, -0.15) is 5.10 Å². The molecule has 1 saturated heterocycles. The van der Waals surface area contributed by atoms with Crippen molar-refractivity contribution in [1.82, 2.24) is 5.32 Å². The van der Waals surface area contributed by atoms with Crippen LogP contribution in [0, 0.1) is 13.8 Å². The van der Waals surface area contributed by atoms with E-state index < -0.39 is 11.9 Å². The summed E-state index contributed by atoms with van der Waals surface area (Å²) in [5.41, 5.74) is 2.99. The Hall–Kier alpha value is -2.61. The number of esters is 1. The maximum Gasteiger partial charge on any atom is 0.331 e. The highest BCUT2D eigenvalue weighted by Crippen LogP contribution is 2.24. The Labute approximate surface area is 156 Å². The monoisotopic (exact) mass is 375 g/mol. The number of nitrogens with zero attached hydrogens (tertiary/aromatic N) is 2. The van der Waals surface area contributed by atoms with Gasteiger partial charge in [0, 0.05) is 11.6 Å². The predicted octanol–water partition coefficient (Wildman–Crippen LogP) is 2.70. The zero-order valence-electron chi connectivity index (χ0n) is 15.2. The van der Waals surface area contributed by atoms with Crippen molar-refractivity contribution in [1.29, 1.82) is 0 Å². The number of carbonyl (C=O) groups is 2. The van der Waals surface area contributed by atoms with Crippen LogP contribution >= 0.6 is 11.8 Å². The van der Waals surface area contributed by atoms with Gasteiger partial charge in [-0.25, -0.2) is 4.79 Å². The van der Waals surface area contributed by atoms with E-state index in [4.69, 9.17) is 4.74 Å². The van der Waals surface area contributed by atoms with Crippen LogP contribution in [-0.2, 0) is 14.3 Å². The average molecular weight is 375 g/mol. The third-order valence-corrected chi connectivity index (χ3v) is 4.38. The van der Waals surface area contributed by atoms with Crippen LogP contribution in [0.3, 0.4) is 0 Å². The first kappa shape index (κ1) is 19.7. The zero-order chi connectivity index (χ0) is 19.1. The lowest BCUT2D eigenvalue weighted by Gasteiger charge is -2.10. The number of nitrogens with one attached hydrogen (secondary N) is 1. The van der Waals surface area contributed by atoms with Crippen LogP contribution in [0.5, 0.6) is 5.75 Å². The molecule has 0 unspecified atom stereocenters. The maximum absolute atomic E-state index is 11.7. The lowest BCUT2D eigenvalue weighted by molar-refractivity contribution is -0.135. The number of thioether (sulfide) groups is 1. The fourth-order valence-corrected chi connectivity index (χ4v) is 2.96. The summed E-state index contributed by atoms with van der Waals surface area (Å²) in [5, 5.41) is 10.9. The molecule has 8 heteroatoms. The molecule has 1 fully saturated rings. The minimum atomic E-state index is -0.593. The van der Waals surface area contributed by atoms with Gasteiger partial charge in [0.25, 0.3) is 5.91 Å². The summed E-state index contributed by atoms with van der Waals surface area (Å²) in [4.78, 5) is 23.2. The van der Waals surface area contributed by atoms with Gasteiger partial charge in [0.05, 0.1) is 24.8 Å². The van der Waals surface area contributed by atoms with Crippen molar-refractivity contribution in [3.63, 3.8) is 0 Å². The molecule has 138 valence electrons. The fraction of sp³-hybridized carbons (Fsp3) is 0.333. The van der Waals surface area contributed by atoms with Crippen LogP contribution in [0.25, 0.3) is 0 Å². The number of carbonyl (C=O) groups excluding carboxylic acids is 2. The van der Waals surface area contributed by atoms with Crippen LogP contribution in [0.4, 0.5) is 0 Å². The fourth-order valence-electron chi connectivity index (χ4n) is 2.22. The SMILES string of the molecule is CCCOc1cc(C)c(C=N/N=C2/NC(=O)/C(=C\C(=O)OC)S2)c(C)c1. The van der Waals surface area contributed by atoms with Gasteiger partial charge >= 0.3 is 5.97 Å². The molecule has 1 aliphatic rings. The Balaban J connectivity index is 2.11. The van der Waals surface area contributed by atoms with Gasteiger partial charge < -0.3 is 9.47 Å². The molecule has 0 bridgehead atoms. The van der Waals surface area contributed by atoms with E-state index in [1.165, 1.54) is 7.11 Å². The first-order valence-electron chi connectivity index (χ1n) is 8.08. The van der Waals surface area contributed by atoms with E-state index in [0.29, 0.717) is 11.8 Å². The zero-order valence-corrected chi connectivity index (χ0v) is 16.0. The molecule has 1 heterocycles. The van der Waals surface area contributed by atoms with Crippen molar-refractivity contribution < 1.29 is 19.1 Å². The van der Waals surface area contributed by atoms with Crippen LogP contribution in [0.2, 0.25) is 0 Å². The molecular weight excluding hydrogens is 354 g/mol. The molecule has 1 N–H and O–H groups in total. The summed E-state index contributed by atoms with van der Waals surface area (Å²) in [7, 11) is 1.25. The minimum absolute atomic E-state index is 0.218. The van der Waals surface area contributed by atoms with E-state index >= 15 is 0 Å². The molecule has 0 saturated carbocycles. The van der Waals surface area contributed by atoms with E-state index in [-0.39, 0.29) is 4.91 Å². The highest BCUT2D eigenvalue weighted by atomic mass is 32.2. The average Bonchev–Trinajstić information content (AvgIpc) is 2.94. The van der Waals surface area contributed by atoms with Gasteiger partial charge in [0.1, 0.15) is 5.75 Å². The molecule has 1 aromatic rings. The predicted molar refractivity (Wildman–Crippen MR) is 103 cm³/mol. The molecule has 0 radical (unpaired) electrons. The van der Waals surface area contributed by atoms with E-state index in [0.717, 1.165) is 46.7 Å². The largest absolute Gasteiger partial charge is 0.494 e. The van der Waals surface area contributed by atoms with Crippen molar-refractivity contribution in [2.75, 3.05) is 13.7 Å². The third kappa shape index (κ3) is 5.19. The lowest BCUT2D eigenvalue weighted by atomic mass is 10.0. The summed E-state index contributed by atoms with van der Waals surface area (Å²) < 4.78 is 10.2. The Morgan fingerprint density at radius 2 is 2.00 bits per heavy atom. The van der Waals surface area contributed by atoms with Gasteiger partial charge in [-0.1, -0.05) is 6.92 Å². The van der Waals surface area contributed by atoms with E-state index in [1.807, 2.05) is 26.0 Å². The van der Waals surface area contributed by atoms with Crippen molar-refractivity contribution in [2.45, 2.75) is 27.2 Å². The molecule has 7 nitrogen and oxygen atoms in total. The van der Waals surface area contributed by atoms with E-state index in [9.17, 15) is 9.59 Å². The summed E-state index contributed by atoms with van der Waals surface area (Å²) in [6.07, 6.45) is 3.71. The van der Waals surface area contributed by atoms with Crippen LogP contribution in [0.1, 0.15) is 30.0 Å². The van der Waals surface area contributed by atoms with E-state index in [1.54, 1.807) is 6.21 Å². The topological polar surface area (TPSA) is 89.4 Å². The molecule has 0 aromatic heterocycles. The highest BCUT2D eigenvalue weighted by Gasteiger charge is 2.25. The normalized spacial score (nSPS) is 17.2. The first-order chi connectivity index (χ1) is 12.4. The summed E-state index contributed by atoms with van der Waals surface area (Å²) in [6, 6.07) is 3.92. The van der Waals surface area contributed by atoms with Crippen LogP contribution in [0.15, 0.2) is 33.3 Å². The first-order valence-corrected chi connectivity index (χ1v) is 8.90. The van der Waals surface area contributed by atoms with Gasteiger partial charge in [0.15, 0.2) is 5.17 Å². The summed E-state index contributed by atoms with van der Waals surface area (Å²) in [6.45, 7) is 6.69. The van der Waals surface area contributed by atoms with Crippen LogP contribution in [-0.4, -0.2) is 37.0 Å². The van der Waals surface area contributed by atoms with E-state index in [2.05, 4.69) is 27.2 Å². The van der Waals surface area contributed by atoms with Crippen LogP contribution < -0.4 is 10.1 Å². The second-order valence-corrected chi connectivity index (χ2v) is 6.59. The number of aryl methyl sites for hydroxylation is 2. The molecule has 1 amide bonds. The van der Waals surface area contributed by atoms with Gasteiger partial charge in [-0.3, -0.25) is 10.1 Å². The number of hydrogen-bond donors (Lipinski definition) is 1. The highest BCUT2D eigenvalue weighted by molar-refractivity contribution is 8.18. The number of rotatable bonds is 6. The number of ether oxygens (including phenoxy) is 2. The minimum Gasteiger partial charge on any atom is -0.494 e. The smallest absolute Gasteiger partial charge is 0.331 e. The molecule has 26 heavy (non-hydrogen) atoms. The molecule has 2 rings (SSSR count). The molecular formula is C18H21N3O4S. The number of benzene rings is 1. The molecule has 1 aromatic carbocycles. The summed E-state index contributed by atoms with van der Waals surface area (Å²) in [5.74, 6) is -0.162. The Kier molecular flexibility index (Phi) is 6.97. The van der Waals surface area contributed by atoms with Crippen molar-refractivity contribution in [2.24, 2.45) is 10.2 Å². The third-order valence-electron chi connectivity index (χ3n) is 3.48. The molecule has 1 aliphatic heterocycles. The quantitative estimate of drug-likeness (QED) is 0.357. The number of amides is 1. The second kappa shape index (κ2) is 9.19. The van der Waals surface area contributed by atoms with Gasteiger partial charge in [-0.15, -0.1) is 5.10 Å². The second-order valence-electron chi connectivity index (χ2n) is 5.56. The van der Waals surface area contributed by atoms with Gasteiger partial charge in [-0.05, 0) is 55.3 Å². The number of hydrogen-bond acceptors (Lipinski definition) is 7. The number of methoxy groups -OCH3 is 1.